The van der Waals surface area contributed by atoms with Gasteiger partial charge in [0.2, 0.25) is 0 Å². The molecule has 31 heavy (non-hydrogen) atoms. The lowest BCUT2D eigenvalue weighted by molar-refractivity contribution is -0.111. The highest BCUT2D eigenvalue weighted by Gasteiger charge is 2.15. The van der Waals surface area contributed by atoms with Crippen molar-refractivity contribution >= 4 is 23.2 Å². The van der Waals surface area contributed by atoms with Crippen molar-refractivity contribution in [2.45, 2.75) is 6.61 Å². The summed E-state index contributed by atoms with van der Waals surface area (Å²) in [7, 11) is 3.04. The van der Waals surface area contributed by atoms with Crippen molar-refractivity contribution in [1.82, 2.24) is 0 Å². The zero-order chi connectivity index (χ0) is 22.2. The lowest BCUT2D eigenvalue weighted by Gasteiger charge is -2.14. The van der Waals surface area contributed by atoms with Gasteiger partial charge in [0.25, 0.3) is 5.91 Å². The summed E-state index contributed by atoms with van der Waals surface area (Å²) in [5.74, 6) is 0.718. The van der Waals surface area contributed by atoms with Gasteiger partial charge in [-0.25, -0.2) is 0 Å². The van der Waals surface area contributed by atoms with Crippen LogP contribution in [0.15, 0.2) is 72.8 Å². The Labute approximate surface area is 178 Å². The summed E-state index contributed by atoms with van der Waals surface area (Å²) in [4.78, 5) is 13.2. The molecule has 3 rings (SSSR count). The number of methoxy groups -OCH3 is 2. The maximum atomic E-state index is 13.2. The summed E-state index contributed by atoms with van der Waals surface area (Å²) in [6.07, 6.45) is 1.67. The fourth-order valence-electron chi connectivity index (χ4n) is 2.91. The molecule has 160 valence electrons. The largest absolute Gasteiger partial charge is 0.497 e. The summed E-state index contributed by atoms with van der Waals surface area (Å²) < 4.78 is 39.7. The number of hydrogen-bond acceptors (Lipinski definition) is 4. The van der Waals surface area contributed by atoms with E-state index in [9.17, 15) is 13.6 Å². The number of alkyl halides is 2. The Kier molecular flexibility index (Phi) is 7.22. The van der Waals surface area contributed by atoms with Gasteiger partial charge in [0.05, 0.1) is 19.9 Å². The molecule has 3 aromatic carbocycles. The number of nitrogens with one attached hydrogen (secondary N) is 1. The summed E-state index contributed by atoms with van der Waals surface area (Å²) in [6, 6.07) is 20.2. The molecular formula is C24H21F2NO4. The molecule has 0 fully saturated rings. The Morgan fingerprint density at radius 1 is 0.903 bits per heavy atom. The van der Waals surface area contributed by atoms with Crippen molar-refractivity contribution in [3.63, 3.8) is 0 Å². The van der Waals surface area contributed by atoms with Gasteiger partial charge < -0.3 is 19.5 Å². The van der Waals surface area contributed by atoms with Gasteiger partial charge in [0.15, 0.2) is 0 Å². The van der Waals surface area contributed by atoms with E-state index in [2.05, 4.69) is 10.1 Å². The topological polar surface area (TPSA) is 56.8 Å². The maximum absolute atomic E-state index is 13.2. The highest BCUT2D eigenvalue weighted by atomic mass is 19.3. The third kappa shape index (κ3) is 5.82. The van der Waals surface area contributed by atoms with E-state index < -0.39 is 6.61 Å². The van der Waals surface area contributed by atoms with Crippen LogP contribution in [0, 0.1) is 0 Å². The summed E-state index contributed by atoms with van der Waals surface area (Å²) in [5, 5.41) is 2.86. The van der Waals surface area contributed by atoms with Crippen LogP contribution in [0.1, 0.15) is 11.1 Å². The van der Waals surface area contributed by atoms with Gasteiger partial charge in [0.1, 0.15) is 17.2 Å². The minimum atomic E-state index is -2.90. The molecule has 7 heteroatoms. The van der Waals surface area contributed by atoms with Crippen LogP contribution >= 0.6 is 0 Å². The van der Waals surface area contributed by atoms with Crippen molar-refractivity contribution in [1.29, 1.82) is 0 Å². The van der Waals surface area contributed by atoms with E-state index in [0.29, 0.717) is 33.9 Å². The van der Waals surface area contributed by atoms with Crippen LogP contribution in [0.25, 0.3) is 11.6 Å². The van der Waals surface area contributed by atoms with Crippen LogP contribution in [-0.4, -0.2) is 26.7 Å². The molecule has 0 aliphatic rings. The first-order valence-corrected chi connectivity index (χ1v) is 9.35. The lowest BCUT2D eigenvalue weighted by atomic mass is 10.0. The Morgan fingerprint density at radius 3 is 2.19 bits per heavy atom. The Hall–Kier alpha value is -3.87. The van der Waals surface area contributed by atoms with E-state index >= 15 is 0 Å². The molecule has 0 saturated carbocycles. The van der Waals surface area contributed by atoms with Crippen LogP contribution in [-0.2, 0) is 4.79 Å². The lowest BCUT2D eigenvalue weighted by Crippen LogP contribution is -2.14. The summed E-state index contributed by atoms with van der Waals surface area (Å²) in [6.45, 7) is -2.90. The molecule has 0 aliphatic heterocycles. The molecule has 1 N–H and O–H groups in total. The minimum Gasteiger partial charge on any atom is -0.497 e. The quantitative estimate of drug-likeness (QED) is 0.383. The van der Waals surface area contributed by atoms with Gasteiger partial charge in [-0.2, -0.15) is 8.78 Å². The zero-order valence-corrected chi connectivity index (χ0v) is 17.0. The maximum Gasteiger partial charge on any atom is 0.387 e. The molecule has 0 unspecified atom stereocenters. The number of anilines is 1. The number of ether oxygens (including phenoxy) is 3. The van der Waals surface area contributed by atoms with Crippen LogP contribution in [0.2, 0.25) is 0 Å². The van der Waals surface area contributed by atoms with Gasteiger partial charge in [-0.3, -0.25) is 4.79 Å². The van der Waals surface area contributed by atoms with E-state index in [0.717, 1.165) is 0 Å². The molecule has 0 radical (unpaired) electrons. The first-order chi connectivity index (χ1) is 15.0. The van der Waals surface area contributed by atoms with E-state index in [4.69, 9.17) is 9.47 Å². The van der Waals surface area contributed by atoms with E-state index in [1.165, 1.54) is 26.4 Å². The van der Waals surface area contributed by atoms with Crippen molar-refractivity contribution in [2.75, 3.05) is 19.5 Å². The van der Waals surface area contributed by atoms with Crippen molar-refractivity contribution in [3.8, 4) is 17.2 Å². The molecular weight excluding hydrogens is 404 g/mol. The van der Waals surface area contributed by atoms with Gasteiger partial charge in [-0.15, -0.1) is 0 Å². The van der Waals surface area contributed by atoms with Crippen LogP contribution in [0.3, 0.4) is 0 Å². The highest BCUT2D eigenvalue weighted by molar-refractivity contribution is 6.29. The van der Waals surface area contributed by atoms with Crippen LogP contribution in [0.5, 0.6) is 17.2 Å². The monoisotopic (exact) mass is 425 g/mol. The number of rotatable bonds is 8. The molecule has 0 aromatic heterocycles. The number of hydrogen-bond donors (Lipinski definition) is 1. The van der Waals surface area contributed by atoms with Crippen molar-refractivity contribution in [2.24, 2.45) is 0 Å². The Bertz CT molecular complexity index is 1050. The number of halogens is 2. The Balaban J connectivity index is 1.95. The standard InChI is InChI=1S/C24H21F2NO4/c1-29-19-12-13-22(30-2)21(15-19)27-23(28)20(17-6-4-3-5-7-17)14-16-8-10-18(11-9-16)31-24(25)26/h3-15,24H,1-2H3,(H,27,28)/b20-14+. The molecule has 1 amide bonds. The predicted molar refractivity (Wildman–Crippen MR) is 116 cm³/mol. The van der Waals surface area contributed by atoms with Gasteiger partial charge in [0, 0.05) is 11.6 Å². The molecule has 5 nitrogen and oxygen atoms in total. The van der Waals surface area contributed by atoms with Crippen molar-refractivity contribution in [3.05, 3.63) is 83.9 Å². The van der Waals surface area contributed by atoms with E-state index in [1.54, 1.807) is 36.4 Å². The molecule has 3 aromatic rings. The average molecular weight is 425 g/mol. The predicted octanol–water partition coefficient (Wildman–Crippen LogP) is 5.48. The number of carbonyl (C=O) groups excluding carboxylic acids is 1. The van der Waals surface area contributed by atoms with Crippen molar-refractivity contribution < 1.29 is 27.8 Å². The second-order valence-electron chi connectivity index (χ2n) is 6.39. The smallest absolute Gasteiger partial charge is 0.387 e. The molecule has 0 bridgehead atoms. The molecule has 0 heterocycles. The average Bonchev–Trinajstić information content (AvgIpc) is 2.78. The number of benzene rings is 3. The normalized spacial score (nSPS) is 11.2. The first kappa shape index (κ1) is 21.8. The summed E-state index contributed by atoms with van der Waals surface area (Å²) in [5.41, 5.74) is 2.17. The van der Waals surface area contributed by atoms with Crippen LogP contribution in [0.4, 0.5) is 14.5 Å². The zero-order valence-electron chi connectivity index (χ0n) is 17.0. The number of carbonyl (C=O) groups is 1. The third-order valence-corrected chi connectivity index (χ3v) is 4.40. The molecule has 0 atom stereocenters. The molecule has 0 aliphatic carbocycles. The molecule has 0 saturated heterocycles. The third-order valence-electron chi connectivity index (χ3n) is 4.40. The van der Waals surface area contributed by atoms with Gasteiger partial charge >= 0.3 is 6.61 Å². The second kappa shape index (κ2) is 10.2. The fraction of sp³-hybridized carbons (Fsp3) is 0.125. The van der Waals surface area contributed by atoms with Crippen LogP contribution < -0.4 is 19.5 Å². The SMILES string of the molecule is COc1ccc(OC)c(NC(=O)/C(=C/c2ccc(OC(F)F)cc2)c2ccccc2)c1. The minimum absolute atomic E-state index is 0.0407. The fourth-order valence-corrected chi connectivity index (χ4v) is 2.91. The second-order valence-corrected chi connectivity index (χ2v) is 6.39. The molecule has 0 spiro atoms. The Morgan fingerprint density at radius 2 is 1.58 bits per heavy atom. The van der Waals surface area contributed by atoms with Gasteiger partial charge in [-0.1, -0.05) is 42.5 Å². The first-order valence-electron chi connectivity index (χ1n) is 9.35. The van der Waals surface area contributed by atoms with E-state index in [1.807, 2.05) is 30.3 Å². The van der Waals surface area contributed by atoms with Gasteiger partial charge in [-0.05, 0) is 41.5 Å². The summed E-state index contributed by atoms with van der Waals surface area (Å²) >= 11 is 0. The van der Waals surface area contributed by atoms with E-state index in [-0.39, 0.29) is 11.7 Å². The highest BCUT2D eigenvalue weighted by Crippen LogP contribution is 2.30. The number of amides is 1.